The van der Waals surface area contributed by atoms with Crippen LogP contribution in [0.1, 0.15) is 38.3 Å². The molecule has 1 aromatic carbocycles. The Hall–Kier alpha value is -1.07. The molecule has 0 aromatic heterocycles. The quantitative estimate of drug-likeness (QED) is 0.924. The third-order valence-electron chi connectivity index (χ3n) is 3.10. The minimum Gasteiger partial charge on any atom is -0.493 e. The Kier molecular flexibility index (Phi) is 4.63. The SMILES string of the molecule is Cc1c(OCCC(C)(C)C)ccc(S(N)(=O)=O)c1C. The van der Waals surface area contributed by atoms with Gasteiger partial charge in [0.2, 0.25) is 10.0 Å². The molecule has 0 aliphatic carbocycles. The highest BCUT2D eigenvalue weighted by Crippen LogP contribution is 2.27. The highest BCUT2D eigenvalue weighted by Gasteiger charge is 2.16. The first-order valence-corrected chi connectivity index (χ1v) is 7.83. The van der Waals surface area contributed by atoms with Crippen LogP contribution in [0.25, 0.3) is 0 Å². The fourth-order valence-corrected chi connectivity index (χ4v) is 2.54. The van der Waals surface area contributed by atoms with E-state index in [-0.39, 0.29) is 10.3 Å². The number of benzene rings is 1. The van der Waals surface area contributed by atoms with Crippen molar-refractivity contribution < 1.29 is 13.2 Å². The Balaban J connectivity index is 2.92. The van der Waals surface area contributed by atoms with Gasteiger partial charge in [0.1, 0.15) is 5.75 Å². The highest BCUT2D eigenvalue weighted by atomic mass is 32.2. The Morgan fingerprint density at radius 2 is 1.74 bits per heavy atom. The summed E-state index contributed by atoms with van der Waals surface area (Å²) in [6.07, 6.45) is 0.933. The van der Waals surface area contributed by atoms with Gasteiger partial charge in [-0.15, -0.1) is 0 Å². The molecule has 2 N–H and O–H groups in total. The highest BCUT2D eigenvalue weighted by molar-refractivity contribution is 7.89. The second-order valence-electron chi connectivity index (χ2n) is 6.02. The van der Waals surface area contributed by atoms with Crippen molar-refractivity contribution in [2.75, 3.05) is 6.61 Å². The molecule has 0 aliphatic heterocycles. The molecule has 4 nitrogen and oxygen atoms in total. The maximum atomic E-state index is 11.4. The zero-order valence-corrected chi connectivity index (χ0v) is 13.1. The zero-order chi connectivity index (χ0) is 14.8. The van der Waals surface area contributed by atoms with Gasteiger partial charge in [0.25, 0.3) is 0 Å². The van der Waals surface area contributed by atoms with Crippen molar-refractivity contribution in [1.29, 1.82) is 0 Å². The van der Waals surface area contributed by atoms with E-state index in [2.05, 4.69) is 20.8 Å². The largest absolute Gasteiger partial charge is 0.493 e. The van der Waals surface area contributed by atoms with Crippen LogP contribution in [0.4, 0.5) is 0 Å². The van der Waals surface area contributed by atoms with Gasteiger partial charge < -0.3 is 4.74 Å². The smallest absolute Gasteiger partial charge is 0.238 e. The molecular formula is C14H23NO3S. The lowest BCUT2D eigenvalue weighted by atomic mass is 9.93. The first-order chi connectivity index (χ1) is 8.52. The molecule has 0 aliphatic rings. The second-order valence-corrected chi connectivity index (χ2v) is 7.55. The molecule has 0 amide bonds. The molecule has 0 bridgehead atoms. The molecule has 0 fully saturated rings. The van der Waals surface area contributed by atoms with Crippen molar-refractivity contribution in [1.82, 2.24) is 0 Å². The fraction of sp³-hybridized carbons (Fsp3) is 0.571. The minimum absolute atomic E-state index is 0.160. The number of hydrogen-bond acceptors (Lipinski definition) is 3. The van der Waals surface area contributed by atoms with E-state index >= 15 is 0 Å². The molecule has 0 radical (unpaired) electrons. The van der Waals surface area contributed by atoms with Crippen molar-refractivity contribution in [3.05, 3.63) is 23.3 Å². The molecule has 1 rings (SSSR count). The molecule has 5 heteroatoms. The van der Waals surface area contributed by atoms with Crippen molar-refractivity contribution in [3.63, 3.8) is 0 Å². The fourth-order valence-electron chi connectivity index (χ4n) is 1.70. The summed E-state index contributed by atoms with van der Waals surface area (Å²) in [5.41, 5.74) is 1.68. The number of hydrogen-bond donors (Lipinski definition) is 1. The Bertz CT molecular complexity index is 557. The number of primary sulfonamides is 1. The zero-order valence-electron chi connectivity index (χ0n) is 12.3. The van der Waals surface area contributed by atoms with E-state index in [9.17, 15) is 8.42 Å². The van der Waals surface area contributed by atoms with Gasteiger partial charge in [0, 0.05) is 0 Å². The molecular weight excluding hydrogens is 262 g/mol. The maximum Gasteiger partial charge on any atom is 0.238 e. The van der Waals surface area contributed by atoms with Crippen molar-refractivity contribution >= 4 is 10.0 Å². The summed E-state index contributed by atoms with van der Waals surface area (Å²) in [6, 6.07) is 3.18. The average molecular weight is 285 g/mol. The van der Waals surface area contributed by atoms with Crippen LogP contribution >= 0.6 is 0 Å². The predicted octanol–water partition coefficient (Wildman–Crippen LogP) is 2.77. The van der Waals surface area contributed by atoms with Crippen molar-refractivity contribution in [2.24, 2.45) is 10.6 Å². The summed E-state index contributed by atoms with van der Waals surface area (Å²) in [7, 11) is -3.67. The Morgan fingerprint density at radius 3 is 2.21 bits per heavy atom. The monoisotopic (exact) mass is 285 g/mol. The summed E-state index contributed by atoms with van der Waals surface area (Å²) in [6.45, 7) is 10.6. The summed E-state index contributed by atoms with van der Waals surface area (Å²) >= 11 is 0. The van der Waals surface area contributed by atoms with E-state index in [1.807, 2.05) is 6.92 Å². The van der Waals surface area contributed by atoms with E-state index < -0.39 is 10.0 Å². The minimum atomic E-state index is -3.67. The maximum absolute atomic E-state index is 11.4. The lowest BCUT2D eigenvalue weighted by molar-refractivity contribution is 0.241. The van der Waals surface area contributed by atoms with Crippen LogP contribution in [0.15, 0.2) is 17.0 Å². The molecule has 0 atom stereocenters. The normalized spacial score (nSPS) is 12.5. The topological polar surface area (TPSA) is 69.4 Å². The summed E-state index contributed by atoms with van der Waals surface area (Å²) < 4.78 is 28.5. The van der Waals surface area contributed by atoms with Crippen LogP contribution < -0.4 is 9.88 Å². The van der Waals surface area contributed by atoms with E-state index in [0.717, 1.165) is 12.0 Å². The van der Waals surface area contributed by atoms with E-state index in [4.69, 9.17) is 9.88 Å². The molecule has 0 spiro atoms. The third-order valence-corrected chi connectivity index (χ3v) is 4.16. The third kappa shape index (κ3) is 4.51. The predicted molar refractivity (Wildman–Crippen MR) is 76.9 cm³/mol. The molecule has 19 heavy (non-hydrogen) atoms. The van der Waals surface area contributed by atoms with Gasteiger partial charge in [-0.2, -0.15) is 0 Å². The van der Waals surface area contributed by atoms with Crippen molar-refractivity contribution in [3.8, 4) is 5.75 Å². The van der Waals surface area contributed by atoms with Crippen LogP contribution in [-0.2, 0) is 10.0 Å². The van der Waals surface area contributed by atoms with E-state index in [1.165, 1.54) is 6.07 Å². The standard InChI is InChI=1S/C14H23NO3S/c1-10-11(2)13(19(15,16)17)7-6-12(10)18-9-8-14(3,4)5/h6-7H,8-9H2,1-5H3,(H2,15,16,17). The van der Waals surface area contributed by atoms with Crippen molar-refractivity contribution in [2.45, 2.75) is 45.9 Å². The van der Waals surface area contributed by atoms with Gasteiger partial charge in [-0.25, -0.2) is 13.6 Å². The van der Waals surface area contributed by atoms with Crippen LogP contribution in [0.3, 0.4) is 0 Å². The van der Waals surface area contributed by atoms with Gasteiger partial charge in [0.05, 0.1) is 11.5 Å². The molecule has 1 aromatic rings. The van der Waals surface area contributed by atoms with Crippen LogP contribution in [0, 0.1) is 19.3 Å². The Labute approximate surface area is 116 Å². The molecule has 0 unspecified atom stereocenters. The lowest BCUT2D eigenvalue weighted by Gasteiger charge is -2.19. The lowest BCUT2D eigenvalue weighted by Crippen LogP contribution is -2.15. The first-order valence-electron chi connectivity index (χ1n) is 6.28. The van der Waals surface area contributed by atoms with Gasteiger partial charge >= 0.3 is 0 Å². The Morgan fingerprint density at radius 1 is 1.16 bits per heavy atom. The molecule has 0 saturated carbocycles. The summed E-state index contributed by atoms with van der Waals surface area (Å²) in [4.78, 5) is 0.160. The number of rotatable bonds is 4. The van der Waals surface area contributed by atoms with Gasteiger partial charge in [-0.1, -0.05) is 20.8 Å². The average Bonchev–Trinajstić information content (AvgIpc) is 2.20. The number of nitrogens with two attached hydrogens (primary N) is 1. The van der Waals surface area contributed by atoms with Crippen LogP contribution in [0.2, 0.25) is 0 Å². The molecule has 0 heterocycles. The molecule has 0 saturated heterocycles. The van der Waals surface area contributed by atoms with Gasteiger partial charge in [-0.3, -0.25) is 0 Å². The van der Waals surface area contributed by atoms with Crippen LogP contribution in [0.5, 0.6) is 5.75 Å². The first kappa shape index (κ1) is 16.0. The number of ether oxygens (including phenoxy) is 1. The van der Waals surface area contributed by atoms with E-state index in [1.54, 1.807) is 13.0 Å². The van der Waals surface area contributed by atoms with Gasteiger partial charge in [0.15, 0.2) is 0 Å². The van der Waals surface area contributed by atoms with E-state index in [0.29, 0.717) is 17.9 Å². The summed E-state index contributed by atoms with van der Waals surface area (Å²) in [5, 5.41) is 5.17. The summed E-state index contributed by atoms with van der Waals surface area (Å²) in [5.74, 6) is 0.717. The van der Waals surface area contributed by atoms with Gasteiger partial charge in [-0.05, 0) is 48.9 Å². The molecule has 108 valence electrons. The number of sulfonamides is 1. The van der Waals surface area contributed by atoms with Crippen LogP contribution in [-0.4, -0.2) is 15.0 Å². The second kappa shape index (κ2) is 5.51.